The summed E-state index contributed by atoms with van der Waals surface area (Å²) in [6, 6.07) is 24.3. The van der Waals surface area contributed by atoms with Crippen molar-refractivity contribution in [3.63, 3.8) is 0 Å². The van der Waals surface area contributed by atoms with Crippen molar-refractivity contribution >= 4 is 11.1 Å². The summed E-state index contributed by atoms with van der Waals surface area (Å²) in [4.78, 5) is 0. The van der Waals surface area contributed by atoms with E-state index < -0.39 is 0 Å². The molecule has 2 atom stereocenters. The Bertz CT molecular complexity index is 1530. The lowest BCUT2D eigenvalue weighted by atomic mass is 9.75. The minimum atomic E-state index is 0.231. The van der Waals surface area contributed by atoms with Gasteiger partial charge in [-0.2, -0.15) is 0 Å². The highest BCUT2D eigenvalue weighted by atomic mass is 14.3. The zero-order valence-electron chi connectivity index (χ0n) is 33.4. The molecule has 0 fully saturated rings. The van der Waals surface area contributed by atoms with Gasteiger partial charge in [-0.05, 0) is 118 Å². The summed E-state index contributed by atoms with van der Waals surface area (Å²) in [6.07, 6.45) is 14.5. The molecule has 0 heteroatoms. The van der Waals surface area contributed by atoms with Crippen LogP contribution in [0.15, 0.2) is 60.7 Å². The minimum absolute atomic E-state index is 0.231. The summed E-state index contributed by atoms with van der Waals surface area (Å²) in [5.74, 6) is 1.54. The van der Waals surface area contributed by atoms with Crippen LogP contribution >= 0.6 is 0 Å². The summed E-state index contributed by atoms with van der Waals surface area (Å²) in [5.41, 5.74) is 12.0. The van der Waals surface area contributed by atoms with E-state index in [1.165, 1.54) is 107 Å². The van der Waals surface area contributed by atoms with Gasteiger partial charge in [0.05, 0.1) is 0 Å². The fourth-order valence-electron chi connectivity index (χ4n) is 7.81. The highest BCUT2D eigenvalue weighted by Gasteiger charge is 2.26. The normalized spacial score (nSPS) is 15.8. The van der Waals surface area contributed by atoms with Crippen LogP contribution in [0.1, 0.15) is 171 Å². The van der Waals surface area contributed by atoms with E-state index >= 15 is 0 Å². The van der Waals surface area contributed by atoms with Crippen LogP contribution in [0.5, 0.6) is 0 Å². The van der Waals surface area contributed by atoms with Crippen molar-refractivity contribution in [2.24, 2.45) is 11.8 Å². The molecule has 0 saturated carbocycles. The Balaban J connectivity index is 2.19. The van der Waals surface area contributed by atoms with Gasteiger partial charge in [-0.25, -0.2) is 0 Å². The van der Waals surface area contributed by atoms with Gasteiger partial charge in [-0.1, -0.05) is 180 Å². The average molecular weight is 649 g/mol. The van der Waals surface area contributed by atoms with E-state index in [0.717, 1.165) is 31.1 Å². The summed E-state index contributed by atoms with van der Waals surface area (Å²) in [6.45, 7) is 28.5. The first-order valence-corrected chi connectivity index (χ1v) is 19.9. The molecule has 264 valence electrons. The third-order valence-corrected chi connectivity index (χ3v) is 11.9. The summed E-state index contributed by atoms with van der Waals surface area (Å²) in [7, 11) is 0. The lowest BCUT2D eigenvalue weighted by Gasteiger charge is -2.30. The Labute approximate surface area is 297 Å². The van der Waals surface area contributed by atoms with Crippen molar-refractivity contribution in [2.75, 3.05) is 0 Å². The summed E-state index contributed by atoms with van der Waals surface area (Å²) < 4.78 is 0. The molecule has 0 nitrogen and oxygen atoms in total. The maximum Gasteiger partial charge on any atom is -0.00779 e. The van der Waals surface area contributed by atoms with Gasteiger partial charge >= 0.3 is 0 Å². The molecule has 0 aliphatic rings. The van der Waals surface area contributed by atoms with Crippen LogP contribution in [0.2, 0.25) is 0 Å². The van der Waals surface area contributed by atoms with Crippen LogP contribution in [0.25, 0.3) is 33.4 Å². The zero-order valence-corrected chi connectivity index (χ0v) is 33.4. The predicted octanol–water partition coefficient (Wildman–Crippen LogP) is 13.9. The second kappa shape index (κ2) is 18.4. The molecule has 2 unspecified atom stereocenters. The second-order valence-corrected chi connectivity index (χ2v) is 16.3. The van der Waals surface area contributed by atoms with Gasteiger partial charge in [-0.15, -0.1) is 0 Å². The van der Waals surface area contributed by atoms with E-state index in [9.17, 15) is 0 Å². The maximum absolute atomic E-state index is 2.48. The topological polar surface area (TPSA) is 0 Å². The zero-order chi connectivity index (χ0) is 35.5. The molecule has 3 aromatic carbocycles. The molecule has 0 amide bonds. The Hall–Kier alpha value is -2.60. The quantitative estimate of drug-likeness (QED) is 0.129. The monoisotopic (exact) mass is 649 g/mol. The number of hydrogen-bond donors (Lipinski definition) is 0. The molecule has 3 aromatic rings. The molecule has 3 rings (SSSR count). The number of rotatable bonds is 18. The maximum atomic E-state index is 2.48. The van der Waals surface area contributed by atoms with Gasteiger partial charge in [0.15, 0.2) is 0 Å². The van der Waals surface area contributed by atoms with Crippen LogP contribution in [0, 0.1) is 11.8 Å². The van der Waals surface area contributed by atoms with Crippen LogP contribution in [0.4, 0.5) is 0 Å². The van der Waals surface area contributed by atoms with Gasteiger partial charge in [0.1, 0.15) is 0 Å². The van der Waals surface area contributed by atoms with Crippen LogP contribution in [0.3, 0.4) is 0 Å². The predicted molar refractivity (Wildman–Crippen MR) is 217 cm³/mol. The van der Waals surface area contributed by atoms with Crippen molar-refractivity contribution in [1.82, 2.24) is 0 Å². The van der Waals surface area contributed by atoms with E-state index in [2.05, 4.69) is 144 Å². The molecular weight excluding hydrogens is 577 g/mol. The average Bonchev–Trinajstić information content (AvgIpc) is 3.09. The van der Waals surface area contributed by atoms with E-state index in [-0.39, 0.29) is 10.8 Å². The van der Waals surface area contributed by atoms with Gasteiger partial charge in [0.2, 0.25) is 0 Å². The molecule has 0 N–H and O–H groups in total. The van der Waals surface area contributed by atoms with Gasteiger partial charge in [-0.3, -0.25) is 0 Å². The SMILES string of the molecule is CCC/C(CC)=c1/c(-c2ccc(C(C)(CC)CCCC(C)C)cc2)ccc(-c2ccc(C(C)(CC)CCCC(C)C)cc2)/c1=C(/C)CC. The Morgan fingerprint density at radius 2 is 0.979 bits per heavy atom. The van der Waals surface area contributed by atoms with Crippen molar-refractivity contribution in [3.8, 4) is 22.3 Å². The molecule has 0 saturated heterocycles. The van der Waals surface area contributed by atoms with Gasteiger partial charge < -0.3 is 0 Å². The molecule has 0 bridgehead atoms. The Morgan fingerprint density at radius 3 is 1.31 bits per heavy atom. The molecule has 0 spiro atoms. The number of benzene rings is 3. The molecule has 0 radical (unpaired) electrons. The lowest BCUT2D eigenvalue weighted by molar-refractivity contribution is 0.382. The number of hydrogen-bond acceptors (Lipinski definition) is 0. The van der Waals surface area contributed by atoms with Crippen LogP contribution in [-0.2, 0) is 10.8 Å². The fourth-order valence-corrected chi connectivity index (χ4v) is 7.81. The Morgan fingerprint density at radius 1 is 0.562 bits per heavy atom. The molecule has 0 aliphatic heterocycles. The largest absolute Gasteiger partial charge is 0.0651 e. The molecule has 0 heterocycles. The van der Waals surface area contributed by atoms with Crippen molar-refractivity contribution < 1.29 is 0 Å². The van der Waals surface area contributed by atoms with Crippen molar-refractivity contribution in [1.29, 1.82) is 0 Å². The van der Waals surface area contributed by atoms with E-state index in [1.54, 1.807) is 5.57 Å². The lowest BCUT2D eigenvalue weighted by Crippen LogP contribution is -2.33. The second-order valence-electron chi connectivity index (χ2n) is 16.3. The standard InChI is InChI=1S/C48H72/c1-13-20-38(15-3)46-44(40-25-29-42(30-26-40)48(12,17-5)34-19-22-36(8)9)32-31-43(45(46)37(10)14-2)39-23-27-41(28-24-39)47(11,16-4)33-18-21-35(6)7/h23-32,35-36H,13-22,33-34H2,1-12H3/b45-37+,46-38-. The van der Waals surface area contributed by atoms with E-state index in [0.29, 0.717) is 0 Å². The van der Waals surface area contributed by atoms with Gasteiger partial charge in [0.25, 0.3) is 0 Å². The van der Waals surface area contributed by atoms with Crippen molar-refractivity contribution in [3.05, 3.63) is 82.2 Å². The Kier molecular flexibility index (Phi) is 15.3. The summed E-state index contributed by atoms with van der Waals surface area (Å²) >= 11 is 0. The molecule has 0 aromatic heterocycles. The highest BCUT2D eigenvalue weighted by Crippen LogP contribution is 2.36. The first-order chi connectivity index (χ1) is 22.9. The van der Waals surface area contributed by atoms with E-state index in [4.69, 9.17) is 0 Å². The summed E-state index contributed by atoms with van der Waals surface area (Å²) in [5, 5.41) is 2.97. The van der Waals surface area contributed by atoms with Crippen LogP contribution < -0.4 is 10.4 Å². The minimum Gasteiger partial charge on any atom is -0.0651 e. The molecule has 48 heavy (non-hydrogen) atoms. The molecule has 0 aliphatic carbocycles. The molecular formula is C48H72. The van der Waals surface area contributed by atoms with Gasteiger partial charge in [0, 0.05) is 0 Å². The smallest absolute Gasteiger partial charge is 0.00779 e. The highest BCUT2D eigenvalue weighted by molar-refractivity contribution is 5.77. The van der Waals surface area contributed by atoms with Crippen LogP contribution in [-0.4, -0.2) is 0 Å². The third-order valence-electron chi connectivity index (χ3n) is 11.9. The first-order valence-electron chi connectivity index (χ1n) is 19.9. The first kappa shape index (κ1) is 39.8. The third kappa shape index (κ3) is 9.76. The van der Waals surface area contributed by atoms with E-state index in [1.807, 2.05) is 0 Å². The van der Waals surface area contributed by atoms with Crippen molar-refractivity contribution in [2.45, 2.75) is 171 Å². The fraction of sp³-hybridized carbons (Fsp3) is 0.583.